The van der Waals surface area contributed by atoms with Gasteiger partial charge >= 0.3 is 0 Å². The summed E-state index contributed by atoms with van der Waals surface area (Å²) in [5.74, 6) is 0.329. The van der Waals surface area contributed by atoms with Crippen LogP contribution in [0.4, 0.5) is 0 Å². The molecule has 4 nitrogen and oxygen atoms in total. The molecule has 1 fully saturated rings. The molecule has 1 atom stereocenters. The maximum absolute atomic E-state index is 11.9. The van der Waals surface area contributed by atoms with Gasteiger partial charge in [-0.15, -0.1) is 0 Å². The van der Waals surface area contributed by atoms with E-state index in [4.69, 9.17) is 0 Å². The standard InChI is InChI=1S/C13H21N3O/c1-13(2,11-4-6-15-8-11)9-16-12(17)10-3-5-14-7-10/h4,6,8,10,14-15H,3,5,7,9H2,1-2H3,(H,16,17). The van der Waals surface area contributed by atoms with Gasteiger partial charge in [-0.2, -0.15) is 0 Å². The maximum Gasteiger partial charge on any atom is 0.224 e. The van der Waals surface area contributed by atoms with Crippen molar-refractivity contribution in [1.29, 1.82) is 0 Å². The predicted molar refractivity (Wildman–Crippen MR) is 67.8 cm³/mol. The molecular weight excluding hydrogens is 214 g/mol. The number of rotatable bonds is 4. The van der Waals surface area contributed by atoms with Crippen molar-refractivity contribution >= 4 is 5.91 Å². The number of aromatic amines is 1. The van der Waals surface area contributed by atoms with Crippen LogP contribution in [-0.4, -0.2) is 30.5 Å². The van der Waals surface area contributed by atoms with Crippen LogP contribution in [0.1, 0.15) is 25.8 Å². The quantitative estimate of drug-likeness (QED) is 0.729. The Bertz CT molecular complexity index is 364. The Morgan fingerprint density at radius 2 is 2.41 bits per heavy atom. The zero-order valence-electron chi connectivity index (χ0n) is 10.5. The Morgan fingerprint density at radius 1 is 1.59 bits per heavy atom. The van der Waals surface area contributed by atoms with Crippen molar-refractivity contribution < 1.29 is 4.79 Å². The Hall–Kier alpha value is -1.29. The average molecular weight is 235 g/mol. The van der Waals surface area contributed by atoms with Crippen molar-refractivity contribution in [2.24, 2.45) is 5.92 Å². The van der Waals surface area contributed by atoms with E-state index < -0.39 is 0 Å². The van der Waals surface area contributed by atoms with Crippen molar-refractivity contribution in [1.82, 2.24) is 15.6 Å². The molecular formula is C13H21N3O. The number of H-pyrrole nitrogens is 1. The Kier molecular flexibility index (Phi) is 3.52. The molecule has 4 heteroatoms. The van der Waals surface area contributed by atoms with Crippen molar-refractivity contribution in [2.75, 3.05) is 19.6 Å². The minimum Gasteiger partial charge on any atom is -0.367 e. The lowest BCUT2D eigenvalue weighted by molar-refractivity contribution is -0.124. The third kappa shape index (κ3) is 2.88. The normalized spacial score (nSPS) is 20.5. The second-order valence-electron chi connectivity index (χ2n) is 5.39. The highest BCUT2D eigenvalue weighted by atomic mass is 16.1. The minimum atomic E-state index is -0.0261. The van der Waals surface area contributed by atoms with Gasteiger partial charge in [0.2, 0.25) is 5.91 Å². The van der Waals surface area contributed by atoms with Gasteiger partial charge in [-0.1, -0.05) is 13.8 Å². The molecule has 1 aliphatic rings. The molecule has 1 aromatic rings. The molecule has 94 valence electrons. The van der Waals surface area contributed by atoms with Crippen LogP contribution < -0.4 is 10.6 Å². The maximum atomic E-state index is 11.9. The predicted octanol–water partition coefficient (Wildman–Crippen LogP) is 1.02. The highest BCUT2D eigenvalue weighted by Gasteiger charge is 2.26. The van der Waals surface area contributed by atoms with Gasteiger partial charge < -0.3 is 15.6 Å². The molecule has 0 aliphatic carbocycles. The topological polar surface area (TPSA) is 56.9 Å². The van der Waals surface area contributed by atoms with Gasteiger partial charge in [0.05, 0.1) is 5.92 Å². The fraction of sp³-hybridized carbons (Fsp3) is 0.615. The van der Waals surface area contributed by atoms with Crippen LogP contribution in [0.25, 0.3) is 0 Å². The van der Waals surface area contributed by atoms with Crippen LogP contribution in [0.3, 0.4) is 0 Å². The monoisotopic (exact) mass is 235 g/mol. The minimum absolute atomic E-state index is 0.0261. The van der Waals surface area contributed by atoms with Crippen molar-refractivity contribution in [2.45, 2.75) is 25.7 Å². The van der Waals surface area contributed by atoms with E-state index in [0.29, 0.717) is 6.54 Å². The summed E-state index contributed by atoms with van der Waals surface area (Å²) in [6.07, 6.45) is 4.86. The molecule has 0 saturated carbocycles. The smallest absolute Gasteiger partial charge is 0.224 e. The number of hydrogen-bond donors (Lipinski definition) is 3. The SMILES string of the molecule is CC(C)(CNC(=O)C1CCNC1)c1cc[nH]c1. The molecule has 1 saturated heterocycles. The van der Waals surface area contributed by atoms with Crippen LogP contribution in [0.5, 0.6) is 0 Å². The number of aromatic nitrogens is 1. The number of carbonyl (C=O) groups is 1. The Balaban J connectivity index is 1.87. The van der Waals surface area contributed by atoms with Crippen molar-refractivity contribution in [3.05, 3.63) is 24.0 Å². The molecule has 0 aromatic carbocycles. The summed E-state index contributed by atoms with van der Waals surface area (Å²) in [4.78, 5) is 15.0. The first-order valence-corrected chi connectivity index (χ1v) is 6.21. The summed E-state index contributed by atoms with van der Waals surface area (Å²) in [6.45, 7) is 6.74. The molecule has 1 aromatic heterocycles. The van der Waals surface area contributed by atoms with Gasteiger partial charge in [-0.3, -0.25) is 4.79 Å². The summed E-state index contributed by atoms with van der Waals surface area (Å²) in [7, 11) is 0. The third-order valence-electron chi connectivity index (χ3n) is 3.52. The van der Waals surface area contributed by atoms with Crippen LogP contribution in [0, 0.1) is 5.92 Å². The van der Waals surface area contributed by atoms with Gasteiger partial charge in [0, 0.05) is 30.9 Å². The summed E-state index contributed by atoms with van der Waals surface area (Å²) in [5, 5.41) is 6.27. The molecule has 3 N–H and O–H groups in total. The molecule has 1 aliphatic heterocycles. The zero-order chi connectivity index (χ0) is 12.3. The fourth-order valence-electron chi connectivity index (χ4n) is 2.18. The average Bonchev–Trinajstić information content (AvgIpc) is 2.97. The molecule has 2 heterocycles. The summed E-state index contributed by atoms with van der Waals surface area (Å²) in [6, 6.07) is 2.06. The van der Waals surface area contributed by atoms with Gasteiger partial charge in [0.15, 0.2) is 0 Å². The van der Waals surface area contributed by atoms with E-state index in [0.717, 1.165) is 19.5 Å². The largest absolute Gasteiger partial charge is 0.367 e. The van der Waals surface area contributed by atoms with E-state index in [1.807, 2.05) is 12.4 Å². The highest BCUT2D eigenvalue weighted by Crippen LogP contribution is 2.21. The zero-order valence-corrected chi connectivity index (χ0v) is 10.5. The van der Waals surface area contributed by atoms with Crippen LogP contribution in [0.15, 0.2) is 18.5 Å². The summed E-state index contributed by atoms with van der Waals surface area (Å²) < 4.78 is 0. The molecule has 1 unspecified atom stereocenters. The van der Waals surface area contributed by atoms with Crippen LogP contribution >= 0.6 is 0 Å². The number of amides is 1. The second kappa shape index (κ2) is 4.92. The number of carbonyl (C=O) groups excluding carboxylic acids is 1. The molecule has 0 radical (unpaired) electrons. The van der Waals surface area contributed by atoms with Crippen molar-refractivity contribution in [3.8, 4) is 0 Å². The van der Waals surface area contributed by atoms with E-state index in [1.165, 1.54) is 5.56 Å². The Labute approximate surface area is 102 Å². The molecule has 1 amide bonds. The van der Waals surface area contributed by atoms with Crippen LogP contribution in [0.2, 0.25) is 0 Å². The lowest BCUT2D eigenvalue weighted by atomic mass is 9.86. The fourth-order valence-corrected chi connectivity index (χ4v) is 2.18. The first-order chi connectivity index (χ1) is 8.09. The first-order valence-electron chi connectivity index (χ1n) is 6.21. The lowest BCUT2D eigenvalue weighted by Crippen LogP contribution is -2.40. The Morgan fingerprint density at radius 3 is 3.00 bits per heavy atom. The lowest BCUT2D eigenvalue weighted by Gasteiger charge is -2.25. The van der Waals surface area contributed by atoms with E-state index >= 15 is 0 Å². The number of nitrogens with one attached hydrogen (secondary N) is 3. The first kappa shape index (κ1) is 12.2. The van der Waals surface area contributed by atoms with Crippen molar-refractivity contribution in [3.63, 3.8) is 0 Å². The molecule has 0 bridgehead atoms. The van der Waals surface area contributed by atoms with Gasteiger partial charge in [0.25, 0.3) is 0 Å². The van der Waals surface area contributed by atoms with Gasteiger partial charge in [0.1, 0.15) is 0 Å². The van der Waals surface area contributed by atoms with Gasteiger partial charge in [-0.25, -0.2) is 0 Å². The van der Waals surface area contributed by atoms with E-state index in [-0.39, 0.29) is 17.2 Å². The number of hydrogen-bond acceptors (Lipinski definition) is 2. The van der Waals surface area contributed by atoms with Gasteiger partial charge in [-0.05, 0) is 24.6 Å². The summed E-state index contributed by atoms with van der Waals surface area (Å²) >= 11 is 0. The third-order valence-corrected chi connectivity index (χ3v) is 3.52. The van der Waals surface area contributed by atoms with E-state index in [2.05, 4.69) is 35.5 Å². The van der Waals surface area contributed by atoms with Crippen LogP contribution in [-0.2, 0) is 10.2 Å². The summed E-state index contributed by atoms with van der Waals surface area (Å²) in [5.41, 5.74) is 1.20. The second-order valence-corrected chi connectivity index (χ2v) is 5.39. The molecule has 17 heavy (non-hydrogen) atoms. The molecule has 0 spiro atoms. The van der Waals surface area contributed by atoms with E-state index in [1.54, 1.807) is 0 Å². The van der Waals surface area contributed by atoms with E-state index in [9.17, 15) is 4.79 Å². The highest BCUT2D eigenvalue weighted by molar-refractivity contribution is 5.79. The molecule has 2 rings (SSSR count).